The fraction of sp³-hybridized carbons (Fsp3) is 0. The van der Waals surface area contributed by atoms with E-state index >= 15 is 0 Å². The van der Waals surface area contributed by atoms with Crippen molar-refractivity contribution in [3.63, 3.8) is 0 Å². The van der Waals surface area contributed by atoms with Crippen LogP contribution in [-0.4, -0.2) is 15.9 Å². The van der Waals surface area contributed by atoms with Gasteiger partial charge in [0.25, 0.3) is 5.91 Å². The van der Waals surface area contributed by atoms with Crippen LogP contribution >= 0.6 is 0 Å². The second-order valence-corrected chi connectivity index (χ2v) is 4.40. The first-order chi connectivity index (χ1) is 10.3. The zero-order chi connectivity index (χ0) is 14.7. The molecule has 2 aromatic heterocycles. The van der Waals surface area contributed by atoms with Crippen LogP contribution in [0.2, 0.25) is 0 Å². The second-order valence-electron chi connectivity index (χ2n) is 4.40. The Hall–Kier alpha value is -2.99. The van der Waals surface area contributed by atoms with Crippen LogP contribution in [0.5, 0.6) is 0 Å². The molecule has 1 aromatic carbocycles. The molecule has 0 spiro atoms. The second kappa shape index (κ2) is 5.56. The predicted molar refractivity (Wildman–Crippen MR) is 81.7 cm³/mol. The van der Waals surface area contributed by atoms with Gasteiger partial charge in [-0.2, -0.15) is 0 Å². The molecule has 0 atom stereocenters. The smallest absolute Gasteiger partial charge is 0.259 e. The number of para-hydroxylation sites is 1. The summed E-state index contributed by atoms with van der Waals surface area (Å²) < 4.78 is 0. The number of pyridine rings is 2. The number of benzene rings is 1. The number of fused-ring (bicyclic) bond motifs is 1. The minimum absolute atomic E-state index is 0.297. The van der Waals surface area contributed by atoms with Crippen molar-refractivity contribution < 1.29 is 4.79 Å². The van der Waals surface area contributed by atoms with Gasteiger partial charge in [-0.1, -0.05) is 18.2 Å². The van der Waals surface area contributed by atoms with Crippen LogP contribution in [0, 0.1) is 0 Å². The Bertz CT molecular complexity index is 797. The van der Waals surface area contributed by atoms with E-state index in [0.29, 0.717) is 16.9 Å². The highest BCUT2D eigenvalue weighted by Crippen LogP contribution is 2.22. The van der Waals surface area contributed by atoms with E-state index < -0.39 is 0 Å². The number of nitrogens with zero attached hydrogens (tertiary/aromatic N) is 2. The highest BCUT2D eigenvalue weighted by Gasteiger charge is 2.12. The summed E-state index contributed by atoms with van der Waals surface area (Å²) in [6.45, 7) is 0. The average Bonchev–Trinajstić information content (AvgIpc) is 2.55. The maximum absolute atomic E-state index is 12.4. The lowest BCUT2D eigenvalue weighted by Gasteiger charge is -2.10. The third-order valence-corrected chi connectivity index (χ3v) is 3.10. The molecule has 4 N–H and O–H groups in total. The molecule has 0 unspecified atom stereocenters. The van der Waals surface area contributed by atoms with Gasteiger partial charge in [0.1, 0.15) is 0 Å². The standard InChI is InChI=1S/C15H13N5O/c16-20-12-6-8-17-9-11(12)15(21)19-13-5-1-3-10-4-2-7-18-14(10)13/h1-9H,16H2,(H,17,20)(H,19,21). The Labute approximate surface area is 121 Å². The molecule has 1 amide bonds. The van der Waals surface area contributed by atoms with Crippen LogP contribution in [0.25, 0.3) is 10.9 Å². The maximum atomic E-state index is 12.4. The van der Waals surface area contributed by atoms with Gasteiger partial charge in [0.05, 0.1) is 22.5 Å². The van der Waals surface area contributed by atoms with E-state index in [1.54, 1.807) is 24.5 Å². The summed E-state index contributed by atoms with van der Waals surface area (Å²) in [6, 6.07) is 11.0. The Morgan fingerprint density at radius 1 is 1.05 bits per heavy atom. The van der Waals surface area contributed by atoms with E-state index in [1.165, 1.54) is 6.20 Å². The molecular formula is C15H13N5O. The van der Waals surface area contributed by atoms with Crippen molar-refractivity contribution in [3.8, 4) is 0 Å². The number of hydrazine groups is 1. The first-order valence-electron chi connectivity index (χ1n) is 6.35. The van der Waals surface area contributed by atoms with Crippen LogP contribution in [0.4, 0.5) is 11.4 Å². The first kappa shape index (κ1) is 13.0. The van der Waals surface area contributed by atoms with Crippen molar-refractivity contribution in [2.24, 2.45) is 5.84 Å². The summed E-state index contributed by atoms with van der Waals surface area (Å²) in [6.07, 6.45) is 4.71. The fourth-order valence-corrected chi connectivity index (χ4v) is 2.10. The molecule has 0 radical (unpaired) electrons. The number of amides is 1. The molecule has 0 bridgehead atoms. The summed E-state index contributed by atoms with van der Waals surface area (Å²) in [5, 5.41) is 3.80. The summed E-state index contributed by atoms with van der Waals surface area (Å²) in [4.78, 5) is 20.6. The van der Waals surface area contributed by atoms with Gasteiger partial charge < -0.3 is 10.7 Å². The van der Waals surface area contributed by atoms with E-state index in [9.17, 15) is 4.79 Å². The van der Waals surface area contributed by atoms with Crippen LogP contribution < -0.4 is 16.6 Å². The Morgan fingerprint density at radius 2 is 1.90 bits per heavy atom. The predicted octanol–water partition coefficient (Wildman–Crippen LogP) is 2.17. The fourth-order valence-electron chi connectivity index (χ4n) is 2.10. The molecule has 21 heavy (non-hydrogen) atoms. The number of nitrogens with one attached hydrogen (secondary N) is 2. The molecule has 6 nitrogen and oxygen atoms in total. The molecule has 2 heterocycles. The van der Waals surface area contributed by atoms with Crippen LogP contribution in [0.3, 0.4) is 0 Å². The van der Waals surface area contributed by atoms with Crippen molar-refractivity contribution >= 4 is 28.2 Å². The number of nitrogens with two attached hydrogens (primary N) is 1. The molecule has 3 aromatic rings. The number of nitrogen functional groups attached to an aromatic ring is 1. The molecule has 104 valence electrons. The van der Waals surface area contributed by atoms with E-state index in [-0.39, 0.29) is 5.91 Å². The zero-order valence-corrected chi connectivity index (χ0v) is 11.1. The Morgan fingerprint density at radius 3 is 2.76 bits per heavy atom. The summed E-state index contributed by atoms with van der Waals surface area (Å²) in [5.74, 6) is 5.11. The number of carbonyl (C=O) groups excluding carboxylic acids is 1. The number of hydrogen-bond acceptors (Lipinski definition) is 5. The van der Waals surface area contributed by atoms with Crippen molar-refractivity contribution in [1.29, 1.82) is 0 Å². The van der Waals surface area contributed by atoms with E-state index in [4.69, 9.17) is 5.84 Å². The van der Waals surface area contributed by atoms with Crippen LogP contribution in [-0.2, 0) is 0 Å². The molecule has 0 saturated carbocycles. The number of rotatable bonds is 3. The largest absolute Gasteiger partial charge is 0.323 e. The van der Waals surface area contributed by atoms with Gasteiger partial charge in [-0.3, -0.25) is 20.6 Å². The normalized spacial score (nSPS) is 10.3. The SMILES string of the molecule is NNc1ccncc1C(=O)Nc1cccc2cccnc12. The molecule has 0 aliphatic rings. The van der Waals surface area contributed by atoms with Gasteiger partial charge in [0.2, 0.25) is 0 Å². The lowest BCUT2D eigenvalue weighted by Crippen LogP contribution is -2.17. The van der Waals surface area contributed by atoms with Gasteiger partial charge in [-0.05, 0) is 18.2 Å². The molecular weight excluding hydrogens is 266 g/mol. The summed E-state index contributed by atoms with van der Waals surface area (Å²) >= 11 is 0. The molecule has 0 aliphatic heterocycles. The molecule has 3 rings (SSSR count). The van der Waals surface area contributed by atoms with Crippen LogP contribution in [0.1, 0.15) is 10.4 Å². The van der Waals surface area contributed by atoms with Gasteiger partial charge in [0.15, 0.2) is 0 Å². The third kappa shape index (κ3) is 2.52. The minimum atomic E-state index is -0.297. The Balaban J connectivity index is 1.97. The monoisotopic (exact) mass is 279 g/mol. The maximum Gasteiger partial charge on any atom is 0.259 e. The van der Waals surface area contributed by atoms with Crippen LogP contribution in [0.15, 0.2) is 55.0 Å². The molecule has 6 heteroatoms. The number of anilines is 2. The lowest BCUT2D eigenvalue weighted by atomic mass is 10.1. The van der Waals surface area contributed by atoms with E-state index in [0.717, 1.165) is 10.9 Å². The molecule has 0 aliphatic carbocycles. The average molecular weight is 279 g/mol. The van der Waals surface area contributed by atoms with Crippen molar-refractivity contribution in [2.75, 3.05) is 10.7 Å². The van der Waals surface area contributed by atoms with Gasteiger partial charge >= 0.3 is 0 Å². The van der Waals surface area contributed by atoms with Gasteiger partial charge in [0, 0.05) is 24.0 Å². The third-order valence-electron chi connectivity index (χ3n) is 3.10. The number of carbonyl (C=O) groups is 1. The van der Waals surface area contributed by atoms with Gasteiger partial charge in [-0.15, -0.1) is 0 Å². The van der Waals surface area contributed by atoms with E-state index in [1.807, 2.05) is 24.3 Å². The lowest BCUT2D eigenvalue weighted by molar-refractivity contribution is 0.102. The molecule has 0 saturated heterocycles. The quantitative estimate of drug-likeness (QED) is 0.504. The van der Waals surface area contributed by atoms with Crippen molar-refractivity contribution in [1.82, 2.24) is 9.97 Å². The zero-order valence-electron chi connectivity index (χ0n) is 11.1. The Kier molecular flexibility index (Phi) is 3.44. The summed E-state index contributed by atoms with van der Waals surface area (Å²) in [7, 11) is 0. The minimum Gasteiger partial charge on any atom is -0.323 e. The topological polar surface area (TPSA) is 92.9 Å². The van der Waals surface area contributed by atoms with Crippen molar-refractivity contribution in [2.45, 2.75) is 0 Å². The number of aromatic nitrogens is 2. The first-order valence-corrected chi connectivity index (χ1v) is 6.35. The number of hydrogen-bond donors (Lipinski definition) is 3. The summed E-state index contributed by atoms with van der Waals surface area (Å²) in [5.41, 5.74) is 4.74. The molecule has 0 fully saturated rings. The van der Waals surface area contributed by atoms with Crippen molar-refractivity contribution in [3.05, 3.63) is 60.6 Å². The van der Waals surface area contributed by atoms with Gasteiger partial charge in [-0.25, -0.2) is 0 Å². The highest BCUT2D eigenvalue weighted by atomic mass is 16.1. The highest BCUT2D eigenvalue weighted by molar-refractivity contribution is 6.10. The van der Waals surface area contributed by atoms with E-state index in [2.05, 4.69) is 20.7 Å².